The van der Waals surface area contributed by atoms with Crippen LogP contribution in [0.25, 0.3) is 10.8 Å². The Bertz CT molecular complexity index is 1030. The van der Waals surface area contributed by atoms with Crippen LogP contribution in [0.4, 0.5) is 13.2 Å². The van der Waals surface area contributed by atoms with E-state index in [9.17, 15) is 13.2 Å². The van der Waals surface area contributed by atoms with Crippen molar-refractivity contribution in [1.29, 1.82) is 0 Å². The molecular weight excluding hydrogens is 393 g/mol. The van der Waals surface area contributed by atoms with Crippen LogP contribution < -0.4 is 15.4 Å². The molecule has 0 saturated heterocycles. The van der Waals surface area contributed by atoms with Crippen molar-refractivity contribution in [3.05, 3.63) is 71.5 Å². The Morgan fingerprint density at radius 2 is 1.83 bits per heavy atom. The number of aryl methyl sites for hydroxylation is 1. The Morgan fingerprint density at radius 1 is 1.07 bits per heavy atom. The molecule has 1 aromatic heterocycles. The summed E-state index contributed by atoms with van der Waals surface area (Å²) >= 11 is 0. The Morgan fingerprint density at radius 3 is 2.60 bits per heavy atom. The molecule has 0 radical (unpaired) electrons. The Labute approximate surface area is 173 Å². The number of aliphatic imine (C=N–C) groups is 1. The maximum Gasteiger partial charge on any atom is 0.422 e. The van der Waals surface area contributed by atoms with Gasteiger partial charge >= 0.3 is 6.18 Å². The van der Waals surface area contributed by atoms with Crippen molar-refractivity contribution in [1.82, 2.24) is 15.6 Å². The van der Waals surface area contributed by atoms with Gasteiger partial charge in [0.1, 0.15) is 5.75 Å². The molecule has 0 aliphatic carbocycles. The molecule has 8 heteroatoms. The monoisotopic (exact) mass is 416 g/mol. The van der Waals surface area contributed by atoms with Crippen LogP contribution in [-0.2, 0) is 13.1 Å². The molecule has 1 heterocycles. The van der Waals surface area contributed by atoms with E-state index in [2.05, 4.69) is 20.6 Å². The molecule has 3 rings (SSSR count). The molecule has 0 spiro atoms. The highest BCUT2D eigenvalue weighted by Gasteiger charge is 2.28. The van der Waals surface area contributed by atoms with E-state index >= 15 is 0 Å². The fourth-order valence-corrected chi connectivity index (χ4v) is 2.99. The lowest BCUT2D eigenvalue weighted by Gasteiger charge is -2.16. The van der Waals surface area contributed by atoms with Gasteiger partial charge in [0, 0.05) is 30.7 Å². The molecule has 0 aliphatic heterocycles. The number of rotatable bonds is 6. The molecule has 2 aromatic carbocycles. The van der Waals surface area contributed by atoms with Crippen molar-refractivity contribution in [2.24, 2.45) is 4.99 Å². The van der Waals surface area contributed by atoms with Crippen LogP contribution in [0, 0.1) is 6.92 Å². The van der Waals surface area contributed by atoms with E-state index in [4.69, 9.17) is 4.74 Å². The lowest BCUT2D eigenvalue weighted by Crippen LogP contribution is -2.36. The minimum absolute atomic E-state index is 0.200. The summed E-state index contributed by atoms with van der Waals surface area (Å²) in [6.07, 6.45) is -2.64. The summed E-state index contributed by atoms with van der Waals surface area (Å²) in [5, 5.41) is 8.44. The largest absolute Gasteiger partial charge is 0.484 e. The van der Waals surface area contributed by atoms with Crippen LogP contribution in [-0.4, -0.2) is 30.8 Å². The first-order chi connectivity index (χ1) is 14.4. The van der Waals surface area contributed by atoms with E-state index in [-0.39, 0.29) is 12.3 Å². The van der Waals surface area contributed by atoms with Crippen LogP contribution in [0.3, 0.4) is 0 Å². The number of pyridine rings is 1. The smallest absolute Gasteiger partial charge is 0.422 e. The van der Waals surface area contributed by atoms with E-state index in [1.54, 1.807) is 32.3 Å². The first-order valence-electron chi connectivity index (χ1n) is 9.42. The molecule has 0 saturated carbocycles. The van der Waals surface area contributed by atoms with Gasteiger partial charge < -0.3 is 15.4 Å². The normalized spacial score (nSPS) is 12.1. The third kappa shape index (κ3) is 5.85. The summed E-state index contributed by atoms with van der Waals surface area (Å²) in [5.41, 5.74) is 2.30. The van der Waals surface area contributed by atoms with Gasteiger partial charge in [0.05, 0.1) is 12.2 Å². The highest BCUT2D eigenvalue weighted by atomic mass is 19.4. The molecule has 158 valence electrons. The molecule has 0 fully saturated rings. The van der Waals surface area contributed by atoms with E-state index in [0.717, 1.165) is 22.0 Å². The Hall–Kier alpha value is -3.29. The number of guanidine groups is 1. The highest BCUT2D eigenvalue weighted by molar-refractivity contribution is 5.85. The van der Waals surface area contributed by atoms with Crippen LogP contribution in [0.2, 0.25) is 0 Å². The van der Waals surface area contributed by atoms with Gasteiger partial charge in [-0.3, -0.25) is 9.98 Å². The quantitative estimate of drug-likeness (QED) is 0.463. The fraction of sp³-hybridized carbons (Fsp3) is 0.273. The van der Waals surface area contributed by atoms with Crippen LogP contribution in [0.5, 0.6) is 5.75 Å². The third-order valence-corrected chi connectivity index (χ3v) is 4.46. The van der Waals surface area contributed by atoms with Gasteiger partial charge in [0.25, 0.3) is 0 Å². The van der Waals surface area contributed by atoms with Gasteiger partial charge in [-0.05, 0) is 30.0 Å². The van der Waals surface area contributed by atoms with Crippen LogP contribution in [0.1, 0.15) is 16.8 Å². The Kier molecular flexibility index (Phi) is 6.76. The van der Waals surface area contributed by atoms with Crippen molar-refractivity contribution in [3.8, 4) is 5.75 Å². The van der Waals surface area contributed by atoms with Gasteiger partial charge in [-0.25, -0.2) is 0 Å². The molecule has 0 atom stereocenters. The zero-order chi connectivity index (χ0) is 21.6. The molecule has 5 nitrogen and oxygen atoms in total. The van der Waals surface area contributed by atoms with Gasteiger partial charge in [0.2, 0.25) is 0 Å². The second kappa shape index (κ2) is 9.47. The summed E-state index contributed by atoms with van der Waals surface area (Å²) in [6, 6.07) is 15.1. The van der Waals surface area contributed by atoms with E-state index < -0.39 is 12.8 Å². The van der Waals surface area contributed by atoms with Gasteiger partial charge in [0.15, 0.2) is 12.6 Å². The van der Waals surface area contributed by atoms with Crippen molar-refractivity contribution in [2.45, 2.75) is 26.2 Å². The molecule has 0 bridgehead atoms. The van der Waals surface area contributed by atoms with Crippen molar-refractivity contribution in [2.75, 3.05) is 13.7 Å². The summed E-state index contributed by atoms with van der Waals surface area (Å²) < 4.78 is 42.6. The average molecular weight is 416 g/mol. The first kappa shape index (κ1) is 21.4. The van der Waals surface area contributed by atoms with Crippen molar-refractivity contribution in [3.63, 3.8) is 0 Å². The number of ether oxygens (including phenoxy) is 1. The van der Waals surface area contributed by atoms with E-state index in [0.29, 0.717) is 18.1 Å². The maximum atomic E-state index is 12.5. The average Bonchev–Trinajstić information content (AvgIpc) is 2.73. The number of nitrogens with one attached hydrogen (secondary N) is 2. The minimum atomic E-state index is -4.39. The van der Waals surface area contributed by atoms with Gasteiger partial charge in [-0.2, -0.15) is 13.2 Å². The number of hydrogen-bond donors (Lipinski definition) is 2. The predicted molar refractivity (Wildman–Crippen MR) is 112 cm³/mol. The molecule has 0 unspecified atom stereocenters. The number of aromatic nitrogens is 1. The second-order valence-electron chi connectivity index (χ2n) is 6.77. The lowest BCUT2D eigenvalue weighted by atomic mass is 10.1. The Balaban J connectivity index is 1.64. The summed E-state index contributed by atoms with van der Waals surface area (Å²) in [4.78, 5) is 8.61. The SMILES string of the molecule is CN=C(NCc1ccc(C)cc1OCC(F)(F)F)NCc1nccc2ccccc12. The molecule has 0 amide bonds. The van der Waals surface area contributed by atoms with Crippen molar-refractivity contribution < 1.29 is 17.9 Å². The minimum Gasteiger partial charge on any atom is -0.484 e. The number of nitrogens with zero attached hydrogens (tertiary/aromatic N) is 2. The fourth-order valence-electron chi connectivity index (χ4n) is 2.99. The van der Waals surface area contributed by atoms with E-state index in [1.165, 1.54) is 0 Å². The summed E-state index contributed by atoms with van der Waals surface area (Å²) in [7, 11) is 1.63. The van der Waals surface area contributed by atoms with Gasteiger partial charge in [-0.15, -0.1) is 0 Å². The lowest BCUT2D eigenvalue weighted by molar-refractivity contribution is -0.153. The van der Waals surface area contributed by atoms with Gasteiger partial charge in [-0.1, -0.05) is 36.4 Å². The number of benzene rings is 2. The van der Waals surface area contributed by atoms with Crippen LogP contribution >= 0.6 is 0 Å². The van der Waals surface area contributed by atoms with Crippen molar-refractivity contribution >= 4 is 16.7 Å². The third-order valence-electron chi connectivity index (χ3n) is 4.46. The number of halogens is 3. The number of hydrogen-bond acceptors (Lipinski definition) is 3. The first-order valence-corrected chi connectivity index (χ1v) is 9.42. The highest BCUT2D eigenvalue weighted by Crippen LogP contribution is 2.23. The summed E-state index contributed by atoms with van der Waals surface area (Å²) in [6.45, 7) is 1.18. The standard InChI is InChI=1S/C22H23F3N4O/c1-15-7-8-17(20(11-15)30-14-22(23,24)25)12-28-21(26-2)29-13-19-18-6-4-3-5-16(18)9-10-27-19/h3-11H,12-14H2,1-2H3,(H2,26,28,29). The number of alkyl halides is 3. The second-order valence-corrected chi connectivity index (χ2v) is 6.77. The zero-order valence-corrected chi connectivity index (χ0v) is 16.8. The van der Waals surface area contributed by atoms with E-state index in [1.807, 2.05) is 36.4 Å². The maximum absolute atomic E-state index is 12.5. The molecular formula is C22H23F3N4O. The predicted octanol–water partition coefficient (Wildman–Crippen LogP) is 4.35. The molecule has 2 N–H and O–H groups in total. The number of fused-ring (bicyclic) bond motifs is 1. The zero-order valence-electron chi connectivity index (χ0n) is 16.8. The van der Waals surface area contributed by atoms with Crippen LogP contribution in [0.15, 0.2) is 59.7 Å². The molecule has 3 aromatic rings. The summed E-state index contributed by atoms with van der Waals surface area (Å²) in [5.74, 6) is 0.707. The topological polar surface area (TPSA) is 58.5 Å². The molecule has 30 heavy (non-hydrogen) atoms. The molecule has 0 aliphatic rings.